The largest absolute Gasteiger partial charge is 0.481 e. The number of primary amides is 1. The number of nitrogens with zero attached hydrogens (tertiary/aromatic N) is 2. The van der Waals surface area contributed by atoms with Crippen molar-refractivity contribution in [2.75, 3.05) is 31.4 Å². The van der Waals surface area contributed by atoms with Gasteiger partial charge in [0.05, 0.1) is 25.5 Å². The summed E-state index contributed by atoms with van der Waals surface area (Å²) >= 11 is 0. The van der Waals surface area contributed by atoms with E-state index in [1.54, 1.807) is 12.1 Å². The lowest BCUT2D eigenvalue weighted by Crippen LogP contribution is -2.32. The van der Waals surface area contributed by atoms with Crippen molar-refractivity contribution in [2.45, 2.75) is 12.5 Å². The Labute approximate surface area is 185 Å². The SMILES string of the molecule is COc1cc(Nc2nc(N[C@@H](CN)Cc3ccccc3)c(F)cc2C(N)=O)cc(OC)n1. The molecule has 10 heteroatoms. The molecule has 0 fully saturated rings. The number of nitrogens with two attached hydrogens (primary N) is 2. The van der Waals surface area contributed by atoms with Crippen LogP contribution >= 0.6 is 0 Å². The predicted octanol–water partition coefficient (Wildman–Crippen LogP) is 2.46. The van der Waals surface area contributed by atoms with E-state index in [9.17, 15) is 9.18 Å². The molecule has 0 radical (unpaired) electrons. The van der Waals surface area contributed by atoms with E-state index in [4.69, 9.17) is 20.9 Å². The molecule has 2 aromatic heterocycles. The van der Waals surface area contributed by atoms with Gasteiger partial charge in [-0.25, -0.2) is 9.37 Å². The molecule has 2 heterocycles. The minimum absolute atomic E-state index is 0.0585. The van der Waals surface area contributed by atoms with Crippen LogP contribution < -0.4 is 31.6 Å². The second-order valence-corrected chi connectivity index (χ2v) is 6.91. The number of anilines is 3. The van der Waals surface area contributed by atoms with Crippen molar-refractivity contribution in [3.05, 3.63) is 65.5 Å². The zero-order chi connectivity index (χ0) is 23.1. The van der Waals surface area contributed by atoms with Crippen LogP contribution in [0.25, 0.3) is 0 Å². The van der Waals surface area contributed by atoms with Crippen LogP contribution in [0.1, 0.15) is 15.9 Å². The van der Waals surface area contributed by atoms with E-state index in [1.165, 1.54) is 14.2 Å². The van der Waals surface area contributed by atoms with Gasteiger partial charge in [-0.3, -0.25) is 4.79 Å². The van der Waals surface area contributed by atoms with Gasteiger partial charge in [0, 0.05) is 24.7 Å². The predicted molar refractivity (Wildman–Crippen MR) is 120 cm³/mol. The molecule has 0 bridgehead atoms. The van der Waals surface area contributed by atoms with Gasteiger partial charge >= 0.3 is 0 Å². The molecule has 1 amide bonds. The number of benzene rings is 1. The molecule has 9 nitrogen and oxygen atoms in total. The highest BCUT2D eigenvalue weighted by molar-refractivity contribution is 5.98. The quantitative estimate of drug-likeness (QED) is 0.377. The van der Waals surface area contributed by atoms with Gasteiger partial charge in [-0.1, -0.05) is 30.3 Å². The average Bonchev–Trinajstić information content (AvgIpc) is 2.80. The summed E-state index contributed by atoms with van der Waals surface area (Å²) in [5.74, 6) is -0.999. The van der Waals surface area contributed by atoms with E-state index in [1.807, 2.05) is 30.3 Å². The molecule has 0 saturated carbocycles. The third kappa shape index (κ3) is 5.61. The second-order valence-electron chi connectivity index (χ2n) is 6.91. The minimum atomic E-state index is -0.835. The van der Waals surface area contributed by atoms with Crippen LogP contribution in [0.2, 0.25) is 0 Å². The standard InChI is InChI=1S/C22H25FN6O3/c1-31-18-9-14(10-19(28-18)32-2)26-21-16(20(25)30)11-17(23)22(29-21)27-15(12-24)8-13-6-4-3-5-7-13/h3-7,9-11,15H,8,12,24H2,1-2H3,(H2,25,30)(H2,26,27,28,29)/t15-/m1/s1. The van der Waals surface area contributed by atoms with Gasteiger partial charge in [0.25, 0.3) is 5.91 Å². The van der Waals surface area contributed by atoms with E-state index in [0.717, 1.165) is 11.6 Å². The van der Waals surface area contributed by atoms with E-state index in [0.29, 0.717) is 12.1 Å². The second kappa shape index (κ2) is 10.4. The van der Waals surface area contributed by atoms with Crippen molar-refractivity contribution in [2.24, 2.45) is 11.5 Å². The summed E-state index contributed by atoms with van der Waals surface area (Å²) in [5, 5.41) is 5.98. The number of pyridine rings is 2. The van der Waals surface area contributed by atoms with Crippen LogP contribution in [0.4, 0.5) is 21.7 Å². The average molecular weight is 440 g/mol. The van der Waals surface area contributed by atoms with Crippen LogP contribution in [0.3, 0.4) is 0 Å². The van der Waals surface area contributed by atoms with E-state index in [-0.39, 0.29) is 41.5 Å². The number of methoxy groups -OCH3 is 2. The van der Waals surface area contributed by atoms with Gasteiger partial charge in [-0.05, 0) is 18.1 Å². The number of aromatic nitrogens is 2. The first-order valence-electron chi connectivity index (χ1n) is 9.81. The molecule has 0 aliphatic carbocycles. The number of halogens is 1. The number of amides is 1. The number of carbonyl (C=O) groups is 1. The molecule has 1 atom stereocenters. The van der Waals surface area contributed by atoms with Crippen LogP contribution in [-0.4, -0.2) is 42.7 Å². The Morgan fingerprint density at radius 2 is 1.72 bits per heavy atom. The number of nitrogens with one attached hydrogen (secondary N) is 2. The first kappa shape index (κ1) is 22.8. The summed E-state index contributed by atoms with van der Waals surface area (Å²) in [6, 6.07) is 13.6. The summed E-state index contributed by atoms with van der Waals surface area (Å²) in [5.41, 5.74) is 12.7. The van der Waals surface area contributed by atoms with Crippen LogP contribution in [0.5, 0.6) is 11.8 Å². The van der Waals surface area contributed by atoms with Crippen molar-refractivity contribution >= 4 is 23.2 Å². The topological polar surface area (TPSA) is 137 Å². The number of carbonyl (C=O) groups excluding carboxylic acids is 1. The molecule has 32 heavy (non-hydrogen) atoms. The molecule has 1 aromatic carbocycles. The number of rotatable bonds is 10. The van der Waals surface area contributed by atoms with Crippen molar-refractivity contribution in [3.8, 4) is 11.8 Å². The fourth-order valence-electron chi connectivity index (χ4n) is 3.06. The van der Waals surface area contributed by atoms with E-state index >= 15 is 0 Å². The third-order valence-corrected chi connectivity index (χ3v) is 4.65. The normalized spacial score (nSPS) is 11.5. The first-order chi connectivity index (χ1) is 15.4. The van der Waals surface area contributed by atoms with Crippen molar-refractivity contribution in [1.82, 2.24) is 9.97 Å². The van der Waals surface area contributed by atoms with Crippen LogP contribution in [0, 0.1) is 5.82 Å². The minimum Gasteiger partial charge on any atom is -0.481 e. The number of hydrogen-bond donors (Lipinski definition) is 4. The number of hydrogen-bond acceptors (Lipinski definition) is 8. The lowest BCUT2D eigenvalue weighted by molar-refractivity contribution is 0.100. The Bertz CT molecular complexity index is 1060. The highest BCUT2D eigenvalue weighted by atomic mass is 19.1. The van der Waals surface area contributed by atoms with Gasteiger partial charge in [-0.15, -0.1) is 0 Å². The summed E-state index contributed by atoms with van der Waals surface area (Å²) < 4.78 is 25.1. The summed E-state index contributed by atoms with van der Waals surface area (Å²) in [4.78, 5) is 20.3. The van der Waals surface area contributed by atoms with Gasteiger partial charge in [0.2, 0.25) is 11.8 Å². The summed E-state index contributed by atoms with van der Waals surface area (Å²) in [6.45, 7) is 0.245. The van der Waals surface area contributed by atoms with Gasteiger partial charge in [0.1, 0.15) is 5.82 Å². The van der Waals surface area contributed by atoms with Crippen molar-refractivity contribution < 1.29 is 18.7 Å². The molecule has 0 spiro atoms. The molecular formula is C22H25FN6O3. The summed E-state index contributed by atoms with van der Waals surface area (Å²) in [6.07, 6.45) is 0.567. The molecule has 0 aliphatic heterocycles. The Morgan fingerprint density at radius 1 is 1.06 bits per heavy atom. The van der Waals surface area contributed by atoms with Gasteiger partial charge in [0.15, 0.2) is 11.6 Å². The van der Waals surface area contributed by atoms with Crippen LogP contribution in [0.15, 0.2) is 48.5 Å². The van der Waals surface area contributed by atoms with Crippen molar-refractivity contribution in [3.63, 3.8) is 0 Å². The lowest BCUT2D eigenvalue weighted by Gasteiger charge is -2.20. The first-order valence-corrected chi connectivity index (χ1v) is 9.81. The monoisotopic (exact) mass is 440 g/mol. The van der Waals surface area contributed by atoms with Gasteiger partial charge < -0.3 is 31.6 Å². The molecule has 0 saturated heterocycles. The Morgan fingerprint density at radius 3 is 2.28 bits per heavy atom. The van der Waals surface area contributed by atoms with E-state index < -0.39 is 11.7 Å². The molecule has 168 valence electrons. The molecule has 0 aliphatic rings. The van der Waals surface area contributed by atoms with E-state index in [2.05, 4.69) is 20.6 Å². The fourth-order valence-corrected chi connectivity index (χ4v) is 3.06. The van der Waals surface area contributed by atoms with Crippen LogP contribution in [-0.2, 0) is 6.42 Å². The highest BCUT2D eigenvalue weighted by Crippen LogP contribution is 2.28. The zero-order valence-electron chi connectivity index (χ0n) is 17.8. The Hall–Kier alpha value is -3.92. The Balaban J connectivity index is 1.92. The Kier molecular flexibility index (Phi) is 7.40. The maximum absolute atomic E-state index is 14.8. The lowest BCUT2D eigenvalue weighted by atomic mass is 10.1. The maximum atomic E-state index is 14.8. The zero-order valence-corrected chi connectivity index (χ0v) is 17.8. The molecule has 3 rings (SSSR count). The molecule has 0 unspecified atom stereocenters. The third-order valence-electron chi connectivity index (χ3n) is 4.65. The molecule has 3 aromatic rings. The summed E-state index contributed by atoms with van der Waals surface area (Å²) in [7, 11) is 2.91. The highest BCUT2D eigenvalue weighted by Gasteiger charge is 2.19. The number of ether oxygens (including phenoxy) is 2. The van der Waals surface area contributed by atoms with Gasteiger partial charge in [-0.2, -0.15) is 4.98 Å². The van der Waals surface area contributed by atoms with Crippen molar-refractivity contribution in [1.29, 1.82) is 0 Å². The molecular weight excluding hydrogens is 415 g/mol. The molecule has 6 N–H and O–H groups in total. The smallest absolute Gasteiger partial charge is 0.252 e. The maximum Gasteiger partial charge on any atom is 0.252 e. The fraction of sp³-hybridized carbons (Fsp3) is 0.227.